The van der Waals surface area contributed by atoms with Crippen LogP contribution in [0.2, 0.25) is 0 Å². The molecular weight excluding hydrogens is 304 g/mol. The largest absolute Gasteiger partial charge is 0.497 e. The lowest BCUT2D eigenvalue weighted by Crippen LogP contribution is -2.36. The minimum atomic E-state index is -0.207. The second-order valence-electron chi connectivity index (χ2n) is 7.43. The van der Waals surface area contributed by atoms with E-state index in [9.17, 15) is 4.79 Å². The van der Waals surface area contributed by atoms with Crippen molar-refractivity contribution in [3.05, 3.63) is 47.3 Å². The predicted octanol–water partition coefficient (Wildman–Crippen LogP) is 4.08. The number of nitrogens with one attached hydrogen (secondary N) is 1. The van der Waals surface area contributed by atoms with Crippen LogP contribution in [0, 0.1) is 5.41 Å². The molecular formula is C19H24N2O3. The summed E-state index contributed by atoms with van der Waals surface area (Å²) in [5, 5.41) is 7.02. The van der Waals surface area contributed by atoms with Crippen LogP contribution in [-0.4, -0.2) is 18.2 Å². The highest BCUT2D eigenvalue weighted by Gasteiger charge is 2.31. The number of benzene rings is 1. The minimum Gasteiger partial charge on any atom is -0.497 e. The summed E-state index contributed by atoms with van der Waals surface area (Å²) in [4.78, 5) is 12.6. The number of methoxy groups -OCH3 is 1. The van der Waals surface area contributed by atoms with Crippen molar-refractivity contribution in [3.63, 3.8) is 0 Å². The van der Waals surface area contributed by atoms with E-state index < -0.39 is 0 Å². The highest BCUT2D eigenvalue weighted by molar-refractivity contribution is 5.92. The summed E-state index contributed by atoms with van der Waals surface area (Å²) in [5.41, 5.74) is 1.23. The number of hydrogen-bond acceptors (Lipinski definition) is 4. The van der Waals surface area contributed by atoms with Crippen molar-refractivity contribution in [3.8, 4) is 5.75 Å². The van der Waals surface area contributed by atoms with Crippen molar-refractivity contribution in [2.45, 2.75) is 45.6 Å². The standard InChI is InChI=1S/C19H24N2O3/c1-19(2,3)17(13-7-9-14(23-4)10-8-13)20-18(22)15-11-16(24-21-15)12-5-6-12/h7-12,17H,5-6H2,1-4H3,(H,20,22). The SMILES string of the molecule is COc1ccc(C(NC(=O)c2cc(C3CC3)on2)C(C)(C)C)cc1. The van der Waals surface area contributed by atoms with Crippen LogP contribution in [0.4, 0.5) is 0 Å². The van der Waals surface area contributed by atoms with E-state index >= 15 is 0 Å². The number of aromatic nitrogens is 1. The molecule has 1 aliphatic carbocycles. The molecule has 1 atom stereocenters. The van der Waals surface area contributed by atoms with E-state index in [1.165, 1.54) is 0 Å². The fourth-order valence-corrected chi connectivity index (χ4v) is 2.76. The Balaban J connectivity index is 1.79. The van der Waals surface area contributed by atoms with Crippen LogP contribution in [0.25, 0.3) is 0 Å². The van der Waals surface area contributed by atoms with Crippen LogP contribution < -0.4 is 10.1 Å². The van der Waals surface area contributed by atoms with E-state index in [0.29, 0.717) is 11.6 Å². The Morgan fingerprint density at radius 2 is 1.96 bits per heavy atom. The first-order valence-electron chi connectivity index (χ1n) is 8.30. The maximum absolute atomic E-state index is 12.6. The van der Waals surface area contributed by atoms with Gasteiger partial charge in [0.15, 0.2) is 5.69 Å². The smallest absolute Gasteiger partial charge is 0.273 e. The molecule has 0 aliphatic heterocycles. The van der Waals surface area contributed by atoms with Crippen LogP contribution in [-0.2, 0) is 0 Å². The zero-order valence-electron chi connectivity index (χ0n) is 14.6. The molecule has 2 aromatic rings. The molecule has 1 amide bonds. The van der Waals surface area contributed by atoms with Gasteiger partial charge in [-0.3, -0.25) is 4.79 Å². The fourth-order valence-electron chi connectivity index (χ4n) is 2.76. The van der Waals surface area contributed by atoms with E-state index in [4.69, 9.17) is 9.26 Å². The lowest BCUT2D eigenvalue weighted by atomic mass is 9.82. The molecule has 1 saturated carbocycles. The van der Waals surface area contributed by atoms with Gasteiger partial charge >= 0.3 is 0 Å². The lowest BCUT2D eigenvalue weighted by Gasteiger charge is -2.31. The number of carbonyl (C=O) groups is 1. The van der Waals surface area contributed by atoms with Gasteiger partial charge in [0.2, 0.25) is 0 Å². The molecule has 0 spiro atoms. The minimum absolute atomic E-state index is 0.142. The van der Waals surface area contributed by atoms with Gasteiger partial charge in [-0.2, -0.15) is 0 Å². The van der Waals surface area contributed by atoms with Gasteiger partial charge in [0.1, 0.15) is 11.5 Å². The zero-order chi connectivity index (χ0) is 17.3. The van der Waals surface area contributed by atoms with E-state index in [1.807, 2.05) is 24.3 Å². The number of hydrogen-bond donors (Lipinski definition) is 1. The van der Waals surface area contributed by atoms with Crippen LogP contribution in [0.15, 0.2) is 34.9 Å². The number of carbonyl (C=O) groups excluding carboxylic acids is 1. The molecule has 24 heavy (non-hydrogen) atoms. The van der Waals surface area contributed by atoms with Gasteiger partial charge in [-0.05, 0) is 36.0 Å². The van der Waals surface area contributed by atoms with Crippen molar-refractivity contribution in [1.29, 1.82) is 0 Å². The molecule has 128 valence electrons. The molecule has 0 radical (unpaired) electrons. The first-order chi connectivity index (χ1) is 11.4. The van der Waals surface area contributed by atoms with E-state index in [0.717, 1.165) is 29.9 Å². The number of ether oxygens (including phenoxy) is 1. The molecule has 1 heterocycles. The molecule has 0 bridgehead atoms. The normalized spacial score (nSPS) is 15.8. The summed E-state index contributed by atoms with van der Waals surface area (Å²) in [6.07, 6.45) is 2.24. The van der Waals surface area contributed by atoms with Crippen LogP contribution >= 0.6 is 0 Å². The average Bonchev–Trinajstić information content (AvgIpc) is 3.28. The first-order valence-corrected chi connectivity index (χ1v) is 8.30. The highest BCUT2D eigenvalue weighted by Crippen LogP contribution is 2.40. The molecule has 3 rings (SSSR count). The molecule has 5 heteroatoms. The lowest BCUT2D eigenvalue weighted by molar-refractivity contribution is 0.0892. The van der Waals surface area contributed by atoms with Crippen molar-refractivity contribution in [2.75, 3.05) is 7.11 Å². The second kappa shape index (κ2) is 6.30. The molecule has 1 aromatic heterocycles. The van der Waals surface area contributed by atoms with Gasteiger partial charge in [0.25, 0.3) is 5.91 Å². The monoisotopic (exact) mass is 328 g/mol. The first kappa shape index (κ1) is 16.6. The second-order valence-corrected chi connectivity index (χ2v) is 7.43. The van der Waals surface area contributed by atoms with Crippen LogP contribution in [0.5, 0.6) is 5.75 Å². The van der Waals surface area contributed by atoms with Gasteiger partial charge in [0.05, 0.1) is 13.2 Å². The average molecular weight is 328 g/mol. The molecule has 1 aromatic carbocycles. The Hall–Kier alpha value is -2.30. The van der Waals surface area contributed by atoms with Crippen LogP contribution in [0.3, 0.4) is 0 Å². The molecule has 1 unspecified atom stereocenters. The summed E-state index contributed by atoms with van der Waals surface area (Å²) in [5.74, 6) is 1.85. The van der Waals surface area contributed by atoms with Crippen molar-refractivity contribution in [2.24, 2.45) is 5.41 Å². The summed E-state index contributed by atoms with van der Waals surface area (Å²) in [6.45, 7) is 6.29. The molecule has 1 N–H and O–H groups in total. The van der Waals surface area contributed by atoms with Gasteiger partial charge in [0, 0.05) is 12.0 Å². The number of nitrogens with zero attached hydrogens (tertiary/aromatic N) is 1. The fraction of sp³-hybridized carbons (Fsp3) is 0.474. The quantitative estimate of drug-likeness (QED) is 0.898. The van der Waals surface area contributed by atoms with Crippen molar-refractivity contribution < 1.29 is 14.1 Å². The van der Waals surface area contributed by atoms with Crippen molar-refractivity contribution in [1.82, 2.24) is 10.5 Å². The van der Waals surface area contributed by atoms with E-state index in [-0.39, 0.29) is 17.4 Å². The Labute approximate surface area is 142 Å². The van der Waals surface area contributed by atoms with Crippen LogP contribution in [0.1, 0.15) is 67.4 Å². The summed E-state index contributed by atoms with van der Waals surface area (Å²) >= 11 is 0. The number of amides is 1. The van der Waals surface area contributed by atoms with Gasteiger partial charge in [-0.1, -0.05) is 38.1 Å². The molecule has 5 nitrogen and oxygen atoms in total. The highest BCUT2D eigenvalue weighted by atomic mass is 16.5. The Bertz CT molecular complexity index is 709. The number of rotatable bonds is 5. The van der Waals surface area contributed by atoms with Gasteiger partial charge < -0.3 is 14.6 Å². The van der Waals surface area contributed by atoms with Gasteiger partial charge in [-0.15, -0.1) is 0 Å². The third-order valence-electron chi connectivity index (χ3n) is 4.33. The topological polar surface area (TPSA) is 64.4 Å². The molecule has 0 saturated heterocycles. The molecule has 1 fully saturated rings. The third kappa shape index (κ3) is 3.61. The van der Waals surface area contributed by atoms with E-state index in [1.54, 1.807) is 13.2 Å². The Morgan fingerprint density at radius 3 is 2.50 bits per heavy atom. The maximum atomic E-state index is 12.6. The van der Waals surface area contributed by atoms with Crippen molar-refractivity contribution >= 4 is 5.91 Å². The van der Waals surface area contributed by atoms with E-state index in [2.05, 4.69) is 31.2 Å². The Morgan fingerprint density at radius 1 is 1.29 bits per heavy atom. The summed E-state index contributed by atoms with van der Waals surface area (Å²) in [6, 6.07) is 9.39. The maximum Gasteiger partial charge on any atom is 0.273 e. The molecule has 1 aliphatic rings. The van der Waals surface area contributed by atoms with Gasteiger partial charge in [-0.25, -0.2) is 0 Å². The summed E-state index contributed by atoms with van der Waals surface area (Å²) in [7, 11) is 1.64. The third-order valence-corrected chi connectivity index (χ3v) is 4.33. The predicted molar refractivity (Wildman–Crippen MR) is 91.1 cm³/mol. The summed E-state index contributed by atoms with van der Waals surface area (Å²) < 4.78 is 10.5. The zero-order valence-corrected chi connectivity index (χ0v) is 14.6. The Kier molecular flexibility index (Phi) is 4.35.